The average Bonchev–Trinajstić information content (AvgIpc) is 2.35. The number of methoxy groups -OCH3 is 1. The largest absolute Gasteiger partial charge is 0.466 e. The molecule has 0 unspecified atom stereocenters. The van der Waals surface area contributed by atoms with Crippen LogP contribution in [0.1, 0.15) is 44.9 Å². The fraction of sp³-hybridized carbons (Fsp3) is 0.643. The molecule has 98 valence electrons. The number of aliphatic hydroxyl groups is 1. The maximum Gasteiger partial charge on any atom is 0.335 e. The molecule has 0 aliphatic rings. The van der Waals surface area contributed by atoms with Crippen LogP contribution in [0, 0.1) is 0 Å². The first-order valence-electron chi connectivity index (χ1n) is 6.19. The number of carbonyl (C=O) groups is 1. The Hall–Kier alpha value is -1.09. The lowest BCUT2D eigenvalue weighted by Gasteiger charge is -2.11. The van der Waals surface area contributed by atoms with Gasteiger partial charge in [-0.05, 0) is 19.3 Å². The molecule has 0 radical (unpaired) electrons. The molecule has 0 rings (SSSR count). The minimum absolute atomic E-state index is 0.152. The number of allylic oxidation sites excluding steroid dienone is 1. The molecule has 1 atom stereocenters. The van der Waals surface area contributed by atoms with Gasteiger partial charge in [0.15, 0.2) is 0 Å². The van der Waals surface area contributed by atoms with E-state index in [0.717, 1.165) is 25.7 Å². The highest BCUT2D eigenvalue weighted by Gasteiger charge is 2.15. The quantitative estimate of drug-likeness (QED) is 0.276. The van der Waals surface area contributed by atoms with Gasteiger partial charge in [0.25, 0.3) is 0 Å². The fourth-order valence-electron chi connectivity index (χ4n) is 1.60. The van der Waals surface area contributed by atoms with Crippen LogP contribution < -0.4 is 0 Å². The summed E-state index contributed by atoms with van der Waals surface area (Å²) in [5.74, 6) is -0.525. The molecule has 0 aromatic rings. The first-order valence-corrected chi connectivity index (χ1v) is 6.19. The van der Waals surface area contributed by atoms with Crippen LogP contribution in [0.3, 0.4) is 0 Å². The van der Waals surface area contributed by atoms with Crippen molar-refractivity contribution in [2.45, 2.75) is 51.0 Å². The van der Waals surface area contributed by atoms with Gasteiger partial charge in [0.05, 0.1) is 18.8 Å². The summed E-state index contributed by atoms with van der Waals surface area (Å²) in [6.07, 6.45) is 8.33. The number of carbonyl (C=O) groups excluding carboxylic acids is 1. The highest BCUT2D eigenvalue weighted by molar-refractivity contribution is 5.88. The van der Waals surface area contributed by atoms with E-state index >= 15 is 0 Å². The van der Waals surface area contributed by atoms with Gasteiger partial charge in [0, 0.05) is 0 Å². The second kappa shape index (κ2) is 10.1. The van der Waals surface area contributed by atoms with E-state index in [2.05, 4.69) is 17.9 Å². The Bertz CT molecular complexity index is 246. The zero-order valence-electron chi connectivity index (χ0n) is 10.8. The summed E-state index contributed by atoms with van der Waals surface area (Å²) in [6, 6.07) is 0. The minimum atomic E-state index is -0.768. The Morgan fingerprint density at radius 1 is 1.29 bits per heavy atom. The second-order valence-corrected chi connectivity index (χ2v) is 4.17. The molecule has 1 N–H and O–H groups in total. The van der Waals surface area contributed by atoms with Crippen LogP contribution in [0.4, 0.5) is 0 Å². The van der Waals surface area contributed by atoms with Gasteiger partial charge in [-0.1, -0.05) is 38.3 Å². The average molecular weight is 240 g/mol. The molecule has 0 aliphatic carbocycles. The standard InChI is InChI=1S/C14H24O3/c1-4-5-6-7-8-9-10-11-13(15)12(2)14(16)17-3/h4,13,15H,1-2,5-11H2,3H3/t13-/m0/s1. The molecule has 0 heterocycles. The zero-order valence-corrected chi connectivity index (χ0v) is 10.8. The molecular formula is C14H24O3. The maximum absolute atomic E-state index is 11.1. The smallest absolute Gasteiger partial charge is 0.335 e. The molecule has 3 nitrogen and oxygen atoms in total. The van der Waals surface area contributed by atoms with Gasteiger partial charge in [-0.25, -0.2) is 4.79 Å². The Morgan fingerprint density at radius 2 is 1.88 bits per heavy atom. The van der Waals surface area contributed by atoms with Crippen molar-refractivity contribution < 1.29 is 14.6 Å². The van der Waals surface area contributed by atoms with Crippen LogP contribution in [0.25, 0.3) is 0 Å². The molecule has 0 aliphatic heterocycles. The van der Waals surface area contributed by atoms with Gasteiger partial charge < -0.3 is 9.84 Å². The molecule has 17 heavy (non-hydrogen) atoms. The number of rotatable bonds is 10. The van der Waals surface area contributed by atoms with Crippen LogP contribution in [-0.4, -0.2) is 24.3 Å². The summed E-state index contributed by atoms with van der Waals surface area (Å²) >= 11 is 0. The first kappa shape index (κ1) is 15.9. The van der Waals surface area contributed by atoms with Crippen molar-refractivity contribution in [2.75, 3.05) is 7.11 Å². The minimum Gasteiger partial charge on any atom is -0.466 e. The predicted octanol–water partition coefficient (Wildman–Crippen LogP) is 2.99. The molecule has 0 amide bonds. The van der Waals surface area contributed by atoms with Crippen molar-refractivity contribution in [2.24, 2.45) is 0 Å². The lowest BCUT2D eigenvalue weighted by Crippen LogP contribution is -2.18. The Kier molecular flexibility index (Phi) is 9.44. The topological polar surface area (TPSA) is 46.5 Å². The molecular weight excluding hydrogens is 216 g/mol. The predicted molar refractivity (Wildman–Crippen MR) is 69.7 cm³/mol. The van der Waals surface area contributed by atoms with E-state index in [1.54, 1.807) is 0 Å². The van der Waals surface area contributed by atoms with E-state index in [1.165, 1.54) is 20.0 Å². The monoisotopic (exact) mass is 240 g/mol. The van der Waals surface area contributed by atoms with E-state index in [-0.39, 0.29) is 5.57 Å². The van der Waals surface area contributed by atoms with Crippen LogP contribution >= 0.6 is 0 Å². The van der Waals surface area contributed by atoms with Crippen LogP contribution in [0.15, 0.2) is 24.8 Å². The lowest BCUT2D eigenvalue weighted by molar-refractivity contribution is -0.137. The van der Waals surface area contributed by atoms with Crippen molar-refractivity contribution >= 4 is 5.97 Å². The number of ether oxygens (including phenoxy) is 1. The molecule has 0 spiro atoms. The van der Waals surface area contributed by atoms with Gasteiger partial charge in [0.2, 0.25) is 0 Å². The van der Waals surface area contributed by atoms with E-state index in [0.29, 0.717) is 6.42 Å². The third-order valence-corrected chi connectivity index (χ3v) is 2.74. The third kappa shape index (κ3) is 7.75. The van der Waals surface area contributed by atoms with Crippen LogP contribution in [-0.2, 0) is 9.53 Å². The number of hydrogen-bond donors (Lipinski definition) is 1. The zero-order chi connectivity index (χ0) is 13.1. The molecule has 0 saturated carbocycles. The van der Waals surface area contributed by atoms with Crippen molar-refractivity contribution in [1.29, 1.82) is 0 Å². The van der Waals surface area contributed by atoms with Gasteiger partial charge in [-0.3, -0.25) is 0 Å². The number of esters is 1. The molecule has 0 aromatic heterocycles. The Balaban J connectivity index is 3.51. The summed E-state index contributed by atoms with van der Waals surface area (Å²) in [4.78, 5) is 11.1. The van der Waals surface area contributed by atoms with Crippen molar-refractivity contribution in [3.8, 4) is 0 Å². The van der Waals surface area contributed by atoms with Crippen LogP contribution in [0.2, 0.25) is 0 Å². The Morgan fingerprint density at radius 3 is 2.47 bits per heavy atom. The van der Waals surface area contributed by atoms with Crippen molar-refractivity contribution in [1.82, 2.24) is 0 Å². The lowest BCUT2D eigenvalue weighted by atomic mass is 10.0. The van der Waals surface area contributed by atoms with E-state index < -0.39 is 12.1 Å². The van der Waals surface area contributed by atoms with Crippen molar-refractivity contribution in [3.63, 3.8) is 0 Å². The molecule has 3 heteroatoms. The van der Waals surface area contributed by atoms with Gasteiger partial charge in [-0.2, -0.15) is 0 Å². The van der Waals surface area contributed by atoms with E-state index in [9.17, 15) is 9.90 Å². The van der Waals surface area contributed by atoms with E-state index in [1.807, 2.05) is 6.08 Å². The SMILES string of the molecule is C=CCCCCCCC[C@H](O)C(=C)C(=O)OC. The highest BCUT2D eigenvalue weighted by Crippen LogP contribution is 2.13. The van der Waals surface area contributed by atoms with E-state index in [4.69, 9.17) is 0 Å². The summed E-state index contributed by atoms with van der Waals surface area (Å²) < 4.78 is 4.50. The summed E-state index contributed by atoms with van der Waals surface area (Å²) in [6.45, 7) is 7.20. The summed E-state index contributed by atoms with van der Waals surface area (Å²) in [5, 5.41) is 9.65. The maximum atomic E-state index is 11.1. The fourth-order valence-corrected chi connectivity index (χ4v) is 1.60. The molecule has 0 saturated heterocycles. The number of hydrogen-bond acceptors (Lipinski definition) is 3. The molecule has 0 bridgehead atoms. The normalized spacial score (nSPS) is 11.9. The molecule has 0 fully saturated rings. The highest BCUT2D eigenvalue weighted by atomic mass is 16.5. The summed E-state index contributed by atoms with van der Waals surface area (Å²) in [5.41, 5.74) is 0.152. The Labute approximate surface area is 104 Å². The number of unbranched alkanes of at least 4 members (excludes halogenated alkanes) is 5. The van der Waals surface area contributed by atoms with Crippen molar-refractivity contribution in [3.05, 3.63) is 24.8 Å². The third-order valence-electron chi connectivity index (χ3n) is 2.74. The molecule has 0 aromatic carbocycles. The van der Waals surface area contributed by atoms with Gasteiger partial charge in [-0.15, -0.1) is 6.58 Å². The first-order chi connectivity index (χ1) is 8.13. The second-order valence-electron chi connectivity index (χ2n) is 4.17. The number of aliphatic hydroxyl groups excluding tert-OH is 1. The van der Waals surface area contributed by atoms with Gasteiger partial charge >= 0.3 is 5.97 Å². The van der Waals surface area contributed by atoms with Gasteiger partial charge in [0.1, 0.15) is 0 Å². The summed E-state index contributed by atoms with van der Waals surface area (Å²) in [7, 11) is 1.29. The van der Waals surface area contributed by atoms with Crippen LogP contribution in [0.5, 0.6) is 0 Å².